The molecular formula is C19H37NO2. The second-order valence-electron chi connectivity index (χ2n) is 6.70. The molecule has 0 aromatic heterocycles. The molecule has 0 N–H and O–H groups in total. The third-order valence-corrected chi connectivity index (χ3v) is 4.60. The number of carbonyl (C=O) groups is 1. The van der Waals surface area contributed by atoms with Crippen molar-refractivity contribution in [1.29, 1.82) is 0 Å². The van der Waals surface area contributed by atoms with E-state index in [-0.39, 0.29) is 5.97 Å². The molecule has 1 heterocycles. The van der Waals surface area contributed by atoms with Gasteiger partial charge < -0.3 is 4.74 Å². The lowest BCUT2D eigenvalue weighted by molar-refractivity contribution is -0.144. The maximum atomic E-state index is 11.7. The molecule has 1 rings (SSSR count). The van der Waals surface area contributed by atoms with Crippen LogP contribution in [0.1, 0.15) is 90.4 Å². The molecule has 1 aliphatic heterocycles. The van der Waals surface area contributed by atoms with Crippen molar-refractivity contribution in [1.82, 2.24) is 4.90 Å². The second kappa shape index (κ2) is 14.0. The maximum absolute atomic E-state index is 11.7. The SMILES string of the molecule is CCCCCCCCCCCC(=O)OCCN1CCCCC1. The summed E-state index contributed by atoms with van der Waals surface area (Å²) in [7, 11) is 0. The van der Waals surface area contributed by atoms with E-state index < -0.39 is 0 Å². The predicted octanol–water partition coefficient (Wildman–Crippen LogP) is 4.94. The molecule has 1 saturated heterocycles. The molecule has 0 spiro atoms. The summed E-state index contributed by atoms with van der Waals surface area (Å²) in [6.07, 6.45) is 16.2. The zero-order valence-electron chi connectivity index (χ0n) is 14.8. The van der Waals surface area contributed by atoms with Crippen LogP contribution in [-0.2, 0) is 9.53 Å². The summed E-state index contributed by atoms with van der Waals surface area (Å²) in [5.74, 6) is -0.0000415. The quantitative estimate of drug-likeness (QED) is 0.356. The Morgan fingerprint density at radius 1 is 0.864 bits per heavy atom. The third-order valence-electron chi connectivity index (χ3n) is 4.60. The van der Waals surface area contributed by atoms with Gasteiger partial charge >= 0.3 is 5.97 Å². The molecule has 0 unspecified atom stereocenters. The van der Waals surface area contributed by atoms with Gasteiger partial charge in [0.05, 0.1) is 0 Å². The molecule has 130 valence electrons. The van der Waals surface area contributed by atoms with Crippen molar-refractivity contribution in [2.45, 2.75) is 90.4 Å². The fraction of sp³-hybridized carbons (Fsp3) is 0.947. The zero-order valence-corrected chi connectivity index (χ0v) is 14.8. The Morgan fingerprint density at radius 2 is 1.45 bits per heavy atom. The van der Waals surface area contributed by atoms with Crippen molar-refractivity contribution < 1.29 is 9.53 Å². The van der Waals surface area contributed by atoms with E-state index >= 15 is 0 Å². The van der Waals surface area contributed by atoms with E-state index in [1.54, 1.807) is 0 Å². The van der Waals surface area contributed by atoms with Crippen molar-refractivity contribution in [3.63, 3.8) is 0 Å². The number of rotatable bonds is 13. The number of piperidine rings is 1. The van der Waals surface area contributed by atoms with Crippen molar-refractivity contribution in [3.05, 3.63) is 0 Å². The largest absolute Gasteiger partial charge is 0.464 e. The van der Waals surface area contributed by atoms with E-state index in [0.29, 0.717) is 13.0 Å². The number of esters is 1. The number of unbranched alkanes of at least 4 members (excludes halogenated alkanes) is 8. The van der Waals surface area contributed by atoms with E-state index in [1.807, 2.05) is 0 Å². The van der Waals surface area contributed by atoms with Crippen LogP contribution < -0.4 is 0 Å². The van der Waals surface area contributed by atoms with Gasteiger partial charge in [0.2, 0.25) is 0 Å². The molecule has 0 radical (unpaired) electrons. The average Bonchev–Trinajstić information content (AvgIpc) is 2.54. The summed E-state index contributed by atoms with van der Waals surface area (Å²) < 4.78 is 5.34. The number of hydrogen-bond acceptors (Lipinski definition) is 3. The molecule has 0 aromatic rings. The van der Waals surface area contributed by atoms with E-state index in [2.05, 4.69) is 11.8 Å². The van der Waals surface area contributed by atoms with Crippen molar-refractivity contribution in [3.8, 4) is 0 Å². The summed E-state index contributed by atoms with van der Waals surface area (Å²) in [5, 5.41) is 0. The van der Waals surface area contributed by atoms with Gasteiger partial charge in [-0.25, -0.2) is 0 Å². The minimum Gasteiger partial charge on any atom is -0.464 e. The monoisotopic (exact) mass is 311 g/mol. The molecule has 0 aliphatic carbocycles. The van der Waals surface area contributed by atoms with Crippen LogP contribution in [-0.4, -0.2) is 37.1 Å². The molecule has 0 aromatic carbocycles. The van der Waals surface area contributed by atoms with Crippen LogP contribution in [0, 0.1) is 0 Å². The summed E-state index contributed by atoms with van der Waals surface area (Å²) in [6.45, 7) is 6.11. The third kappa shape index (κ3) is 11.1. The van der Waals surface area contributed by atoms with Crippen LogP contribution in [0.15, 0.2) is 0 Å². The highest BCUT2D eigenvalue weighted by Crippen LogP contribution is 2.11. The molecule has 22 heavy (non-hydrogen) atoms. The smallest absolute Gasteiger partial charge is 0.305 e. The lowest BCUT2D eigenvalue weighted by Crippen LogP contribution is -2.33. The highest BCUT2D eigenvalue weighted by Gasteiger charge is 2.10. The fourth-order valence-electron chi connectivity index (χ4n) is 3.12. The first kappa shape index (κ1) is 19.5. The number of carbonyl (C=O) groups excluding carboxylic acids is 1. The van der Waals surface area contributed by atoms with Crippen LogP contribution in [0.3, 0.4) is 0 Å². The Bertz CT molecular complexity index is 262. The van der Waals surface area contributed by atoms with E-state index in [1.165, 1.54) is 83.7 Å². The first-order valence-electron chi connectivity index (χ1n) is 9.71. The van der Waals surface area contributed by atoms with E-state index in [4.69, 9.17) is 4.74 Å². The molecule has 3 nitrogen and oxygen atoms in total. The standard InChI is InChI=1S/C19H37NO2/c1-2-3-4-5-6-7-8-9-11-14-19(21)22-18-17-20-15-12-10-13-16-20/h2-18H2,1H3. The summed E-state index contributed by atoms with van der Waals surface area (Å²) in [4.78, 5) is 14.1. The maximum Gasteiger partial charge on any atom is 0.305 e. The molecule has 1 aliphatic rings. The number of hydrogen-bond donors (Lipinski definition) is 0. The summed E-state index contributed by atoms with van der Waals surface area (Å²) >= 11 is 0. The van der Waals surface area contributed by atoms with Crippen LogP contribution >= 0.6 is 0 Å². The van der Waals surface area contributed by atoms with Gasteiger partial charge in [-0.15, -0.1) is 0 Å². The second-order valence-corrected chi connectivity index (χ2v) is 6.70. The minimum atomic E-state index is -0.0000415. The van der Waals surface area contributed by atoms with Gasteiger partial charge in [0.1, 0.15) is 6.61 Å². The Balaban J connectivity index is 1.81. The molecule has 0 atom stereocenters. The van der Waals surface area contributed by atoms with Gasteiger partial charge in [-0.3, -0.25) is 9.69 Å². The van der Waals surface area contributed by atoms with Gasteiger partial charge in [0, 0.05) is 13.0 Å². The summed E-state index contributed by atoms with van der Waals surface area (Å²) in [5.41, 5.74) is 0. The van der Waals surface area contributed by atoms with Crippen LogP contribution in [0.5, 0.6) is 0 Å². The van der Waals surface area contributed by atoms with Crippen LogP contribution in [0.4, 0.5) is 0 Å². The van der Waals surface area contributed by atoms with Crippen molar-refractivity contribution >= 4 is 5.97 Å². The Morgan fingerprint density at radius 3 is 2.09 bits per heavy atom. The van der Waals surface area contributed by atoms with Gasteiger partial charge in [-0.1, -0.05) is 64.7 Å². The highest BCUT2D eigenvalue weighted by atomic mass is 16.5. The average molecular weight is 312 g/mol. The number of ether oxygens (including phenoxy) is 1. The Labute approximate surface area is 137 Å². The van der Waals surface area contributed by atoms with E-state index in [9.17, 15) is 4.79 Å². The molecule has 0 amide bonds. The normalized spacial score (nSPS) is 15.9. The molecule has 0 bridgehead atoms. The molecular weight excluding hydrogens is 274 g/mol. The minimum absolute atomic E-state index is 0.0000415. The number of likely N-dealkylation sites (tertiary alicyclic amines) is 1. The highest BCUT2D eigenvalue weighted by molar-refractivity contribution is 5.69. The Hall–Kier alpha value is -0.570. The van der Waals surface area contributed by atoms with Crippen LogP contribution in [0.25, 0.3) is 0 Å². The summed E-state index contributed by atoms with van der Waals surface area (Å²) in [6, 6.07) is 0. The number of nitrogens with zero attached hydrogens (tertiary/aromatic N) is 1. The zero-order chi connectivity index (χ0) is 15.9. The van der Waals surface area contributed by atoms with Gasteiger partial charge in [-0.2, -0.15) is 0 Å². The lowest BCUT2D eigenvalue weighted by atomic mass is 10.1. The Kier molecular flexibility index (Phi) is 12.4. The topological polar surface area (TPSA) is 29.5 Å². The van der Waals surface area contributed by atoms with Crippen molar-refractivity contribution in [2.75, 3.05) is 26.2 Å². The first-order chi connectivity index (χ1) is 10.8. The van der Waals surface area contributed by atoms with Gasteiger partial charge in [0.25, 0.3) is 0 Å². The van der Waals surface area contributed by atoms with Crippen molar-refractivity contribution in [2.24, 2.45) is 0 Å². The van der Waals surface area contributed by atoms with E-state index in [0.717, 1.165) is 13.0 Å². The molecule has 0 saturated carbocycles. The molecule has 1 fully saturated rings. The lowest BCUT2D eigenvalue weighted by Gasteiger charge is -2.25. The molecule has 3 heteroatoms. The van der Waals surface area contributed by atoms with Crippen LogP contribution in [0.2, 0.25) is 0 Å². The predicted molar refractivity (Wildman–Crippen MR) is 93.1 cm³/mol. The van der Waals surface area contributed by atoms with Gasteiger partial charge in [-0.05, 0) is 32.4 Å². The fourth-order valence-corrected chi connectivity index (χ4v) is 3.12. The van der Waals surface area contributed by atoms with Gasteiger partial charge in [0.15, 0.2) is 0 Å². The first-order valence-corrected chi connectivity index (χ1v) is 9.71.